The Hall–Kier alpha value is -2.68. The number of aryl methyl sites for hydroxylation is 1. The third-order valence-electron chi connectivity index (χ3n) is 4.29. The number of halogens is 1. The van der Waals surface area contributed by atoms with Crippen molar-refractivity contribution in [1.29, 1.82) is 0 Å². The number of rotatable bonds is 5. The van der Waals surface area contributed by atoms with Crippen LogP contribution in [0.3, 0.4) is 0 Å². The highest BCUT2D eigenvalue weighted by Crippen LogP contribution is 2.38. The number of nitrogens with zero attached hydrogens (tertiary/aromatic N) is 2. The van der Waals surface area contributed by atoms with E-state index in [4.69, 9.17) is 28.6 Å². The molecular weight excluding hydrogens is 440 g/mol. The van der Waals surface area contributed by atoms with Gasteiger partial charge in [0.25, 0.3) is 0 Å². The number of nitrogens with one attached hydrogen (secondary N) is 2. The first kappa shape index (κ1) is 20.6. The van der Waals surface area contributed by atoms with Crippen LogP contribution in [0.2, 0.25) is 5.02 Å². The number of benzene rings is 2. The number of anilines is 1. The van der Waals surface area contributed by atoms with Crippen molar-refractivity contribution in [1.82, 2.24) is 15.3 Å². The number of amides is 1. The lowest BCUT2D eigenvalue weighted by molar-refractivity contribution is -0.119. The molecule has 2 aromatic carbocycles. The Labute approximate surface area is 188 Å². The van der Waals surface area contributed by atoms with Gasteiger partial charge in [-0.2, -0.15) is 0 Å². The van der Waals surface area contributed by atoms with E-state index in [1.807, 2.05) is 30.3 Å². The number of carbonyl (C=O) groups is 1. The maximum atomic E-state index is 12.1. The monoisotopic (exact) mass is 456 g/mol. The molecule has 0 saturated heterocycles. The van der Waals surface area contributed by atoms with Gasteiger partial charge in [0.2, 0.25) is 11.8 Å². The molecule has 0 spiro atoms. The summed E-state index contributed by atoms with van der Waals surface area (Å²) in [5, 5.41) is 6.19. The molecule has 30 heavy (non-hydrogen) atoms. The molecular formula is C21H17ClN4O2S2. The van der Waals surface area contributed by atoms with Crippen molar-refractivity contribution < 1.29 is 9.53 Å². The summed E-state index contributed by atoms with van der Waals surface area (Å²) < 4.78 is 5.91. The number of thiocarbonyl (C=S) groups is 1. The predicted molar refractivity (Wildman–Crippen MR) is 122 cm³/mol. The zero-order valence-corrected chi connectivity index (χ0v) is 18.1. The van der Waals surface area contributed by atoms with E-state index in [0.717, 1.165) is 28.3 Å². The van der Waals surface area contributed by atoms with Gasteiger partial charge < -0.3 is 15.4 Å². The third kappa shape index (κ3) is 5.08. The fourth-order valence-electron chi connectivity index (χ4n) is 2.92. The molecule has 1 amide bonds. The van der Waals surface area contributed by atoms with Gasteiger partial charge in [-0.3, -0.25) is 4.79 Å². The van der Waals surface area contributed by atoms with E-state index in [-0.39, 0.29) is 17.4 Å². The van der Waals surface area contributed by atoms with Gasteiger partial charge in [0, 0.05) is 18.2 Å². The number of carbonyl (C=O) groups excluding carboxylic acids is 1. The largest absolute Gasteiger partial charge is 0.438 e. The molecule has 1 aliphatic heterocycles. The lowest BCUT2D eigenvalue weighted by atomic mass is 10.1. The first-order valence-corrected chi connectivity index (χ1v) is 10.9. The third-order valence-corrected chi connectivity index (χ3v) is 5.92. The van der Waals surface area contributed by atoms with Crippen molar-refractivity contribution in [2.75, 3.05) is 11.1 Å². The molecule has 0 saturated carbocycles. The minimum atomic E-state index is -0.204. The smallest absolute Gasteiger partial charge is 0.236 e. The Morgan fingerprint density at radius 3 is 2.83 bits per heavy atom. The Morgan fingerprint density at radius 1 is 1.20 bits per heavy atom. The molecule has 0 unspecified atom stereocenters. The minimum Gasteiger partial charge on any atom is -0.438 e. The van der Waals surface area contributed by atoms with Gasteiger partial charge in [-0.05, 0) is 29.9 Å². The van der Waals surface area contributed by atoms with Gasteiger partial charge in [0.1, 0.15) is 12.1 Å². The van der Waals surface area contributed by atoms with Crippen molar-refractivity contribution in [2.24, 2.45) is 0 Å². The minimum absolute atomic E-state index is 0.177. The normalized spacial score (nSPS) is 12.2. The first-order chi connectivity index (χ1) is 14.6. The highest BCUT2D eigenvalue weighted by atomic mass is 35.5. The summed E-state index contributed by atoms with van der Waals surface area (Å²) in [4.78, 5) is 21.6. The van der Waals surface area contributed by atoms with Crippen molar-refractivity contribution in [3.8, 4) is 11.6 Å². The molecule has 0 atom stereocenters. The van der Waals surface area contributed by atoms with Crippen LogP contribution in [0.25, 0.3) is 0 Å². The van der Waals surface area contributed by atoms with Crippen molar-refractivity contribution >= 4 is 52.3 Å². The number of fused-ring (bicyclic) bond motifs is 1. The molecule has 3 aromatic rings. The second-order valence-electron chi connectivity index (χ2n) is 6.46. The Bertz CT molecular complexity index is 1100. The molecule has 2 heterocycles. The van der Waals surface area contributed by atoms with E-state index in [9.17, 15) is 4.79 Å². The van der Waals surface area contributed by atoms with Crippen LogP contribution in [0, 0.1) is 0 Å². The standard InChI is InChI=1S/C21H17ClN4O2S2/c22-15-11-14(28-20-19-17(8-9-30-19)23-12-24-20)6-7-16(15)25-21(29)26-18(27)10-13-4-2-1-3-5-13/h1-7,11-12H,8-10H2,(H2,25,26,27,29). The summed E-state index contributed by atoms with van der Waals surface area (Å²) >= 11 is 13.3. The van der Waals surface area contributed by atoms with Gasteiger partial charge in [-0.25, -0.2) is 9.97 Å². The Balaban J connectivity index is 1.37. The summed E-state index contributed by atoms with van der Waals surface area (Å²) in [7, 11) is 0. The molecule has 1 aromatic heterocycles. The van der Waals surface area contributed by atoms with Crippen LogP contribution < -0.4 is 15.4 Å². The predicted octanol–water partition coefficient (Wildman–Crippen LogP) is 4.63. The molecule has 0 bridgehead atoms. The number of ether oxygens (including phenoxy) is 1. The molecule has 0 fully saturated rings. The van der Waals surface area contributed by atoms with Gasteiger partial charge in [0.05, 0.1) is 27.7 Å². The molecule has 0 radical (unpaired) electrons. The zero-order chi connectivity index (χ0) is 20.9. The highest BCUT2D eigenvalue weighted by molar-refractivity contribution is 7.99. The first-order valence-electron chi connectivity index (χ1n) is 9.17. The van der Waals surface area contributed by atoms with E-state index >= 15 is 0 Å². The number of hydrogen-bond donors (Lipinski definition) is 2. The van der Waals surface area contributed by atoms with Gasteiger partial charge in [-0.1, -0.05) is 41.9 Å². The highest BCUT2D eigenvalue weighted by Gasteiger charge is 2.19. The van der Waals surface area contributed by atoms with E-state index in [1.54, 1.807) is 30.0 Å². The quantitative estimate of drug-likeness (QED) is 0.542. The van der Waals surface area contributed by atoms with Crippen LogP contribution >= 0.6 is 35.6 Å². The van der Waals surface area contributed by atoms with Crippen LogP contribution in [-0.2, 0) is 17.6 Å². The molecule has 9 heteroatoms. The van der Waals surface area contributed by atoms with Gasteiger partial charge in [-0.15, -0.1) is 11.8 Å². The number of thioether (sulfide) groups is 1. The Morgan fingerprint density at radius 2 is 2.03 bits per heavy atom. The average Bonchev–Trinajstić information content (AvgIpc) is 3.20. The van der Waals surface area contributed by atoms with Crippen LogP contribution in [0.15, 0.2) is 59.8 Å². The molecule has 0 aliphatic carbocycles. The van der Waals surface area contributed by atoms with E-state index in [0.29, 0.717) is 22.3 Å². The van der Waals surface area contributed by atoms with E-state index in [2.05, 4.69) is 20.6 Å². The van der Waals surface area contributed by atoms with E-state index in [1.165, 1.54) is 6.33 Å². The summed E-state index contributed by atoms with van der Waals surface area (Å²) in [6, 6.07) is 14.6. The van der Waals surface area contributed by atoms with Gasteiger partial charge in [0.15, 0.2) is 5.11 Å². The Kier molecular flexibility index (Phi) is 6.47. The van der Waals surface area contributed by atoms with Gasteiger partial charge >= 0.3 is 0 Å². The summed E-state index contributed by atoms with van der Waals surface area (Å²) in [5.41, 5.74) is 2.48. The number of hydrogen-bond acceptors (Lipinski definition) is 6. The van der Waals surface area contributed by atoms with Crippen molar-refractivity contribution in [3.63, 3.8) is 0 Å². The SMILES string of the molecule is O=C(Cc1ccccc1)NC(=S)Nc1ccc(Oc2ncnc3c2SCC3)cc1Cl. The maximum Gasteiger partial charge on any atom is 0.236 e. The zero-order valence-electron chi connectivity index (χ0n) is 15.7. The number of aromatic nitrogens is 2. The van der Waals surface area contributed by atoms with Crippen LogP contribution in [0.5, 0.6) is 11.6 Å². The van der Waals surface area contributed by atoms with Crippen LogP contribution in [0.4, 0.5) is 5.69 Å². The summed E-state index contributed by atoms with van der Waals surface area (Å²) in [6.07, 6.45) is 2.66. The molecule has 6 nitrogen and oxygen atoms in total. The van der Waals surface area contributed by atoms with E-state index < -0.39 is 0 Å². The molecule has 152 valence electrons. The summed E-state index contributed by atoms with van der Waals surface area (Å²) in [6.45, 7) is 0. The lowest BCUT2D eigenvalue weighted by Gasteiger charge is -2.13. The van der Waals surface area contributed by atoms with Crippen molar-refractivity contribution in [2.45, 2.75) is 17.7 Å². The lowest BCUT2D eigenvalue weighted by Crippen LogP contribution is -2.35. The maximum absolute atomic E-state index is 12.1. The molecule has 4 rings (SSSR count). The average molecular weight is 457 g/mol. The molecule has 1 aliphatic rings. The summed E-state index contributed by atoms with van der Waals surface area (Å²) in [5.74, 6) is 1.85. The second kappa shape index (κ2) is 9.42. The molecule has 2 N–H and O–H groups in total. The van der Waals surface area contributed by atoms with Crippen molar-refractivity contribution in [3.05, 3.63) is 71.1 Å². The second-order valence-corrected chi connectivity index (χ2v) is 8.38. The van der Waals surface area contributed by atoms with Crippen LogP contribution in [-0.4, -0.2) is 26.7 Å². The fourth-order valence-corrected chi connectivity index (χ4v) is 4.40. The topological polar surface area (TPSA) is 76.1 Å². The fraction of sp³-hybridized carbons (Fsp3) is 0.143. The van der Waals surface area contributed by atoms with Crippen LogP contribution in [0.1, 0.15) is 11.3 Å².